The van der Waals surface area contributed by atoms with Crippen LogP contribution in [0.3, 0.4) is 0 Å². The van der Waals surface area contributed by atoms with E-state index in [4.69, 9.17) is 5.11 Å². The summed E-state index contributed by atoms with van der Waals surface area (Å²) < 4.78 is 2.47. The number of fused-ring (bicyclic) bond motifs is 1. The normalized spacial score (nSPS) is 10.9. The molecule has 1 N–H and O–H groups in total. The highest BCUT2D eigenvalue weighted by Crippen LogP contribution is 2.31. The van der Waals surface area contributed by atoms with Crippen molar-refractivity contribution in [3.8, 4) is 0 Å². The molecule has 0 unspecified atom stereocenters. The molecule has 0 saturated carbocycles. The Kier molecular flexibility index (Phi) is 2.31. The van der Waals surface area contributed by atoms with Crippen molar-refractivity contribution in [1.82, 2.24) is 4.57 Å². The summed E-state index contributed by atoms with van der Waals surface area (Å²) in [6.45, 7) is 1.97. The van der Waals surface area contributed by atoms with Crippen LogP contribution in [0.5, 0.6) is 0 Å². The SMILES string of the molecule is Cc1cccc2c(C(=O)O)c(Br)n(C)c12. The highest BCUT2D eigenvalue weighted by atomic mass is 79.9. The fourth-order valence-electron chi connectivity index (χ4n) is 1.89. The molecule has 0 bridgehead atoms. The van der Waals surface area contributed by atoms with E-state index in [2.05, 4.69) is 15.9 Å². The second-order valence-corrected chi connectivity index (χ2v) is 4.25. The lowest BCUT2D eigenvalue weighted by atomic mass is 10.1. The van der Waals surface area contributed by atoms with Gasteiger partial charge in [-0.15, -0.1) is 0 Å². The minimum Gasteiger partial charge on any atom is -0.478 e. The zero-order chi connectivity index (χ0) is 11.2. The van der Waals surface area contributed by atoms with Crippen LogP contribution in [0.15, 0.2) is 22.8 Å². The smallest absolute Gasteiger partial charge is 0.339 e. The topological polar surface area (TPSA) is 42.2 Å². The van der Waals surface area contributed by atoms with Crippen molar-refractivity contribution >= 4 is 32.8 Å². The molecule has 0 aliphatic heterocycles. The monoisotopic (exact) mass is 267 g/mol. The summed E-state index contributed by atoms with van der Waals surface area (Å²) in [5.41, 5.74) is 2.36. The molecule has 0 radical (unpaired) electrons. The van der Waals surface area contributed by atoms with E-state index < -0.39 is 5.97 Å². The molecule has 0 atom stereocenters. The summed E-state index contributed by atoms with van der Waals surface area (Å²) >= 11 is 3.31. The van der Waals surface area contributed by atoms with Gasteiger partial charge in [0.15, 0.2) is 0 Å². The van der Waals surface area contributed by atoms with E-state index in [9.17, 15) is 4.79 Å². The molecule has 78 valence electrons. The van der Waals surface area contributed by atoms with Crippen molar-refractivity contribution < 1.29 is 9.90 Å². The first-order valence-corrected chi connectivity index (χ1v) is 5.30. The lowest BCUT2D eigenvalue weighted by Gasteiger charge is -2.00. The number of rotatable bonds is 1. The number of carbonyl (C=O) groups is 1. The molecule has 1 aromatic heterocycles. The first-order chi connectivity index (χ1) is 7.04. The molecular formula is C11H10BrNO2. The number of hydrogen-bond acceptors (Lipinski definition) is 1. The number of carboxylic acid groups (broad SMARTS) is 1. The van der Waals surface area contributed by atoms with Gasteiger partial charge in [-0.3, -0.25) is 0 Å². The molecule has 0 spiro atoms. The Hall–Kier alpha value is -1.29. The van der Waals surface area contributed by atoms with Gasteiger partial charge in [0.2, 0.25) is 0 Å². The zero-order valence-corrected chi connectivity index (χ0v) is 10.00. The van der Waals surface area contributed by atoms with E-state index >= 15 is 0 Å². The van der Waals surface area contributed by atoms with Gasteiger partial charge in [0.25, 0.3) is 0 Å². The van der Waals surface area contributed by atoms with Crippen LogP contribution in [-0.2, 0) is 7.05 Å². The Morgan fingerprint density at radius 2 is 2.13 bits per heavy atom. The molecule has 2 aromatic rings. The van der Waals surface area contributed by atoms with E-state index in [1.165, 1.54) is 0 Å². The minimum atomic E-state index is -0.905. The molecular weight excluding hydrogens is 258 g/mol. The third-order valence-corrected chi connectivity index (χ3v) is 3.49. The average Bonchev–Trinajstić information content (AvgIpc) is 2.41. The molecule has 1 aromatic carbocycles. The Morgan fingerprint density at radius 3 is 2.73 bits per heavy atom. The number of halogens is 1. The van der Waals surface area contributed by atoms with Crippen molar-refractivity contribution in [1.29, 1.82) is 0 Å². The maximum atomic E-state index is 11.1. The Morgan fingerprint density at radius 1 is 1.47 bits per heavy atom. The summed E-state index contributed by atoms with van der Waals surface area (Å²) in [4.78, 5) is 11.1. The molecule has 15 heavy (non-hydrogen) atoms. The van der Waals surface area contributed by atoms with Crippen LogP contribution in [0, 0.1) is 6.92 Å². The quantitative estimate of drug-likeness (QED) is 0.863. The van der Waals surface area contributed by atoms with Gasteiger partial charge in [-0.1, -0.05) is 18.2 Å². The van der Waals surface area contributed by atoms with E-state index in [0.29, 0.717) is 10.2 Å². The predicted molar refractivity (Wildman–Crippen MR) is 62.3 cm³/mol. The maximum absolute atomic E-state index is 11.1. The lowest BCUT2D eigenvalue weighted by Crippen LogP contribution is -1.96. The molecule has 0 aliphatic rings. The standard InChI is InChI=1S/C11H10BrNO2/c1-6-4-3-5-7-8(11(14)15)10(12)13(2)9(6)7/h3-5H,1-2H3,(H,14,15). The van der Waals surface area contributed by atoms with Crippen LogP contribution in [0.4, 0.5) is 0 Å². The van der Waals surface area contributed by atoms with Crippen molar-refractivity contribution in [2.45, 2.75) is 6.92 Å². The molecule has 4 heteroatoms. The molecule has 0 fully saturated rings. The number of carboxylic acids is 1. The van der Waals surface area contributed by atoms with Gasteiger partial charge >= 0.3 is 5.97 Å². The van der Waals surface area contributed by atoms with Gasteiger partial charge in [0, 0.05) is 12.4 Å². The molecule has 0 aliphatic carbocycles. The summed E-state index contributed by atoms with van der Waals surface area (Å²) in [5.74, 6) is -0.905. The Bertz CT molecular complexity index is 557. The Balaban J connectivity index is 3.00. The van der Waals surface area contributed by atoms with Crippen molar-refractivity contribution in [3.05, 3.63) is 33.9 Å². The van der Waals surface area contributed by atoms with Gasteiger partial charge in [-0.25, -0.2) is 4.79 Å². The summed E-state index contributed by atoms with van der Waals surface area (Å²) in [6.07, 6.45) is 0. The van der Waals surface area contributed by atoms with Crippen LogP contribution in [0.25, 0.3) is 10.9 Å². The number of aromatic nitrogens is 1. The Labute approximate surface area is 95.5 Å². The van der Waals surface area contributed by atoms with Crippen LogP contribution >= 0.6 is 15.9 Å². The largest absolute Gasteiger partial charge is 0.478 e. The number of aryl methyl sites for hydroxylation is 2. The van der Waals surface area contributed by atoms with Crippen molar-refractivity contribution in [2.24, 2.45) is 7.05 Å². The fourth-order valence-corrected chi connectivity index (χ4v) is 2.45. The first kappa shape index (κ1) is 10.2. The first-order valence-electron chi connectivity index (χ1n) is 4.51. The third kappa shape index (κ3) is 1.36. The lowest BCUT2D eigenvalue weighted by molar-refractivity contribution is 0.0698. The van der Waals surface area contributed by atoms with Gasteiger partial charge in [0.1, 0.15) is 4.60 Å². The molecule has 0 saturated heterocycles. The van der Waals surface area contributed by atoms with Gasteiger partial charge in [-0.05, 0) is 28.4 Å². The summed E-state index contributed by atoms with van der Waals surface area (Å²) in [7, 11) is 1.85. The average molecular weight is 268 g/mol. The number of aromatic carboxylic acids is 1. The minimum absolute atomic E-state index is 0.330. The number of hydrogen-bond donors (Lipinski definition) is 1. The van der Waals surface area contributed by atoms with E-state index in [1.54, 1.807) is 0 Å². The van der Waals surface area contributed by atoms with E-state index in [-0.39, 0.29) is 0 Å². The van der Waals surface area contributed by atoms with Gasteiger partial charge in [-0.2, -0.15) is 0 Å². The van der Waals surface area contributed by atoms with Gasteiger partial charge < -0.3 is 9.67 Å². The summed E-state index contributed by atoms with van der Waals surface area (Å²) in [5, 5.41) is 9.90. The molecule has 1 heterocycles. The number of nitrogens with zero attached hydrogens (tertiary/aromatic N) is 1. The van der Waals surface area contributed by atoms with Crippen molar-refractivity contribution in [2.75, 3.05) is 0 Å². The van der Waals surface area contributed by atoms with Crippen LogP contribution in [-0.4, -0.2) is 15.6 Å². The second-order valence-electron chi connectivity index (χ2n) is 3.50. The number of para-hydroxylation sites is 1. The van der Waals surface area contributed by atoms with E-state index in [0.717, 1.165) is 16.5 Å². The van der Waals surface area contributed by atoms with Crippen LogP contribution < -0.4 is 0 Å². The second kappa shape index (κ2) is 3.38. The van der Waals surface area contributed by atoms with Gasteiger partial charge in [0.05, 0.1) is 11.1 Å². The van der Waals surface area contributed by atoms with E-state index in [1.807, 2.05) is 36.7 Å². The van der Waals surface area contributed by atoms with Crippen LogP contribution in [0.2, 0.25) is 0 Å². The zero-order valence-electron chi connectivity index (χ0n) is 8.41. The molecule has 3 nitrogen and oxygen atoms in total. The maximum Gasteiger partial charge on any atom is 0.339 e. The predicted octanol–water partition coefficient (Wildman–Crippen LogP) is 2.95. The highest BCUT2D eigenvalue weighted by Gasteiger charge is 2.19. The van der Waals surface area contributed by atoms with Crippen LogP contribution in [0.1, 0.15) is 15.9 Å². The highest BCUT2D eigenvalue weighted by molar-refractivity contribution is 9.10. The molecule has 2 rings (SSSR count). The molecule has 0 amide bonds. The van der Waals surface area contributed by atoms with Crippen molar-refractivity contribution in [3.63, 3.8) is 0 Å². The third-order valence-electron chi connectivity index (χ3n) is 2.56. The number of benzene rings is 1. The summed E-state index contributed by atoms with van der Waals surface area (Å²) in [6, 6.07) is 5.67. The fraction of sp³-hybridized carbons (Fsp3) is 0.182.